The van der Waals surface area contributed by atoms with Gasteiger partial charge >= 0.3 is 0 Å². The van der Waals surface area contributed by atoms with Gasteiger partial charge in [0.2, 0.25) is 13.4 Å². The molecule has 0 saturated carbocycles. The van der Waals surface area contributed by atoms with E-state index < -0.39 is 0 Å². The number of para-hydroxylation sites is 9. The van der Waals surface area contributed by atoms with Crippen molar-refractivity contribution in [3.05, 3.63) is 400 Å². The van der Waals surface area contributed by atoms with Crippen LogP contribution < -0.4 is 75.0 Å². The third kappa shape index (κ3) is 10.1. The van der Waals surface area contributed by atoms with Crippen LogP contribution >= 0.6 is 23.5 Å². The highest BCUT2D eigenvalue weighted by Crippen LogP contribution is 2.46. The first-order valence-electron chi connectivity index (χ1n) is 41.4. The predicted molar refractivity (Wildman–Crippen MR) is 508 cm³/mol. The van der Waals surface area contributed by atoms with Crippen molar-refractivity contribution >= 4 is 203 Å². The largest absolute Gasteiger partial charge is 0.456 e. The van der Waals surface area contributed by atoms with Gasteiger partial charge in [-0.15, -0.1) is 0 Å². The van der Waals surface area contributed by atoms with Crippen molar-refractivity contribution in [2.75, 3.05) is 0 Å². The molecule has 0 amide bonds. The number of hydrogen-bond donors (Lipinski definition) is 0. The summed E-state index contributed by atoms with van der Waals surface area (Å²) in [7, 11) is 0. The maximum atomic E-state index is 7.71. The van der Waals surface area contributed by atoms with Crippen LogP contribution in [0, 0.1) is 0 Å². The van der Waals surface area contributed by atoms with Gasteiger partial charge in [-0.1, -0.05) is 352 Å². The maximum Gasteiger partial charge on any atom is 0.250 e. The minimum absolute atomic E-state index is 0.0229. The Labute approximate surface area is 702 Å². The Bertz CT molecular complexity index is 7970. The van der Waals surface area contributed by atoms with Gasteiger partial charge in [-0.05, 0) is 148 Å². The van der Waals surface area contributed by atoms with Crippen molar-refractivity contribution in [2.45, 2.75) is 19.6 Å². The smallest absolute Gasteiger partial charge is 0.250 e. The standard InChI is InChI=1S/C108H66B4N4O2S2/c1-3-27-69(28-4-1)111-85-43-25-52-97(115-93-49-19-11-39-79(93)80-40-12-20-50-94(80)115)105(85)117-99-61-62-100-104(103(99)111)112(70-29-5-2-6-30-70)86-44-26-53-98(106(86)118-100)116-95-51-21-13-41-81(95)82-63-67(56-60-96(82)116)68-55-57-84-102(64-68)120-108-88(110(84)72-32-24-34-74(66-72)114-91-47-17-9-37-77(91)78-38-10-18-48-92(78)114)59-58-87-107(108)119-101-54-22-14-42-83(101)109(87)71-31-23-33-73(65-71)113-89-45-15-7-35-75(89)76-36-8-16-46-90(76)113/h1-66H. The Morgan fingerprint density at radius 1 is 0.208 bits per heavy atom. The van der Waals surface area contributed by atoms with E-state index in [1.807, 2.05) is 23.5 Å². The fourth-order valence-electron chi connectivity index (χ4n) is 21.1. The number of ether oxygens (including phenoxy) is 2. The second-order valence-corrected chi connectivity index (χ2v) is 34.4. The van der Waals surface area contributed by atoms with E-state index in [0.717, 1.165) is 101 Å². The van der Waals surface area contributed by atoms with Crippen molar-refractivity contribution in [1.82, 2.24) is 18.3 Å². The molecule has 0 atom stereocenters. The summed E-state index contributed by atoms with van der Waals surface area (Å²) in [6, 6.07) is 149. The van der Waals surface area contributed by atoms with Crippen LogP contribution in [0.3, 0.4) is 0 Å². The Kier molecular flexibility index (Phi) is 15.1. The van der Waals surface area contributed by atoms with Crippen LogP contribution in [-0.4, -0.2) is 45.1 Å². The zero-order valence-corrected chi connectivity index (χ0v) is 66.5. The molecule has 18 aromatic carbocycles. The van der Waals surface area contributed by atoms with Crippen molar-refractivity contribution in [2.24, 2.45) is 0 Å². The van der Waals surface area contributed by atoms with Gasteiger partial charge in [0.15, 0.2) is 0 Å². The molecular weight excluding hydrogens is 1490 g/mol. The lowest BCUT2D eigenvalue weighted by molar-refractivity contribution is 0.474. The zero-order valence-electron chi connectivity index (χ0n) is 64.8. The Hall–Kier alpha value is -14.3. The van der Waals surface area contributed by atoms with Crippen molar-refractivity contribution < 1.29 is 9.47 Å². The second-order valence-electron chi connectivity index (χ2n) is 32.3. The predicted octanol–water partition coefficient (Wildman–Crippen LogP) is 18.9. The maximum absolute atomic E-state index is 7.71. The molecule has 0 aliphatic carbocycles. The van der Waals surface area contributed by atoms with Crippen LogP contribution in [0.5, 0.6) is 23.0 Å². The molecule has 6 nitrogen and oxygen atoms in total. The summed E-state index contributed by atoms with van der Waals surface area (Å²) >= 11 is 3.89. The molecule has 0 radical (unpaired) electrons. The van der Waals surface area contributed by atoms with Crippen LogP contribution in [0.15, 0.2) is 420 Å². The van der Waals surface area contributed by atoms with Gasteiger partial charge in [-0.3, -0.25) is 0 Å². The molecule has 22 aromatic rings. The Morgan fingerprint density at radius 3 is 1.00 bits per heavy atom. The quantitative estimate of drug-likeness (QED) is 0.135. The van der Waals surface area contributed by atoms with Crippen molar-refractivity contribution in [3.8, 4) is 56.9 Å². The lowest BCUT2D eigenvalue weighted by atomic mass is 9.27. The zero-order chi connectivity index (χ0) is 78.4. The normalized spacial score (nSPS) is 13.2. The van der Waals surface area contributed by atoms with E-state index in [4.69, 9.17) is 9.47 Å². The Balaban J connectivity index is 0.616. The third-order valence-electron chi connectivity index (χ3n) is 26.1. The van der Waals surface area contributed by atoms with Crippen molar-refractivity contribution in [3.63, 3.8) is 0 Å². The minimum Gasteiger partial charge on any atom is -0.456 e. The van der Waals surface area contributed by atoms with E-state index in [1.165, 1.54) is 128 Å². The number of nitrogens with zero attached hydrogens (tertiary/aromatic N) is 4. The minimum atomic E-state index is -0.231. The highest BCUT2D eigenvalue weighted by Gasteiger charge is 2.45. The number of fused-ring (bicyclic) bond motifs is 22. The molecule has 0 spiro atoms. The Morgan fingerprint density at radius 2 is 0.542 bits per heavy atom. The lowest BCUT2D eigenvalue weighted by Crippen LogP contribution is -2.67. The van der Waals surface area contributed by atoms with E-state index in [-0.39, 0.29) is 26.9 Å². The van der Waals surface area contributed by atoms with Gasteiger partial charge in [-0.25, -0.2) is 0 Å². The van der Waals surface area contributed by atoms with Gasteiger partial charge in [0.25, 0.3) is 13.4 Å². The highest BCUT2D eigenvalue weighted by molar-refractivity contribution is 8.03. The molecule has 120 heavy (non-hydrogen) atoms. The first-order chi connectivity index (χ1) is 59.6. The van der Waals surface area contributed by atoms with E-state index in [2.05, 4.69) is 419 Å². The third-order valence-corrected chi connectivity index (χ3v) is 28.7. The highest BCUT2D eigenvalue weighted by atomic mass is 32.2. The topological polar surface area (TPSA) is 38.2 Å². The van der Waals surface area contributed by atoms with Crippen LogP contribution in [-0.2, 0) is 0 Å². The molecule has 554 valence electrons. The second kappa shape index (κ2) is 26.6. The molecule has 4 aromatic heterocycles. The fourth-order valence-corrected chi connectivity index (χ4v) is 23.7. The molecular formula is C108H66B4N4O2S2. The molecule has 12 heteroatoms. The van der Waals surface area contributed by atoms with E-state index >= 15 is 0 Å². The molecule has 0 fully saturated rings. The monoisotopic (exact) mass is 1560 g/mol. The molecule has 26 rings (SSSR count). The number of rotatable bonds is 9. The molecule has 4 aliphatic heterocycles. The van der Waals surface area contributed by atoms with E-state index in [1.54, 1.807) is 0 Å². The molecule has 0 bridgehead atoms. The van der Waals surface area contributed by atoms with Crippen LogP contribution in [0.2, 0.25) is 0 Å². The summed E-state index contributed by atoms with van der Waals surface area (Å²) in [5.41, 5.74) is 30.4. The fraction of sp³-hybridized carbons (Fsp3) is 0. The summed E-state index contributed by atoms with van der Waals surface area (Å²) in [6.07, 6.45) is 0. The van der Waals surface area contributed by atoms with Crippen molar-refractivity contribution in [1.29, 1.82) is 0 Å². The molecule has 4 aliphatic rings. The number of aromatic nitrogens is 4. The summed E-state index contributed by atoms with van der Waals surface area (Å²) in [5.74, 6) is 3.31. The van der Waals surface area contributed by atoms with Gasteiger partial charge in [-0.2, -0.15) is 0 Å². The molecule has 0 unspecified atom stereocenters. The average molecular weight is 1560 g/mol. The first-order valence-corrected chi connectivity index (χ1v) is 43.0. The summed E-state index contributed by atoms with van der Waals surface area (Å²) < 4.78 is 25.0. The van der Waals surface area contributed by atoms with Crippen LogP contribution in [0.1, 0.15) is 0 Å². The van der Waals surface area contributed by atoms with Gasteiger partial charge < -0.3 is 27.7 Å². The molecule has 0 saturated heterocycles. The van der Waals surface area contributed by atoms with E-state index in [0.29, 0.717) is 0 Å². The number of hydrogen-bond acceptors (Lipinski definition) is 4. The van der Waals surface area contributed by atoms with E-state index in [9.17, 15) is 0 Å². The first kappa shape index (κ1) is 67.8. The lowest BCUT2D eigenvalue weighted by Gasteiger charge is -2.36. The van der Waals surface area contributed by atoms with Gasteiger partial charge in [0.05, 0.1) is 55.5 Å². The van der Waals surface area contributed by atoms with Gasteiger partial charge in [0.1, 0.15) is 23.0 Å². The summed E-state index contributed by atoms with van der Waals surface area (Å²) in [6.45, 7) is -0.543. The van der Waals surface area contributed by atoms with Crippen LogP contribution in [0.4, 0.5) is 0 Å². The summed E-state index contributed by atoms with van der Waals surface area (Å²) in [5, 5.41) is 9.76. The average Bonchev–Trinajstić information content (AvgIpc) is 1.17. The summed E-state index contributed by atoms with van der Waals surface area (Å²) in [4.78, 5) is 5.18. The number of benzene rings is 18. The molecule has 0 N–H and O–H groups in total. The van der Waals surface area contributed by atoms with Crippen LogP contribution in [0.25, 0.3) is 121 Å². The molecule has 8 heterocycles. The van der Waals surface area contributed by atoms with Gasteiger partial charge in [0, 0.05) is 74.0 Å². The SMILES string of the molecule is c1ccc(B2c3cccc(-n4c5ccccc5c5ccccc54)c3Oc3ccc4c(c32)B(c2ccccc2)c2cccc(-n3c5ccccc5c5cc(-c6ccc7c(c6)Sc6c(ccc8c6Sc6ccccc6B8c6cccc(-n8c9ccccc9c9ccccc98)c6)B7c6cccc(-n7c8ccccc8c8ccccc87)c6)ccc53)c2O4)cc1.